The van der Waals surface area contributed by atoms with Gasteiger partial charge in [0.25, 0.3) is 0 Å². The highest BCUT2D eigenvalue weighted by Crippen LogP contribution is 2.29. The monoisotopic (exact) mass is 351 g/mol. The Kier molecular flexibility index (Phi) is 5.40. The van der Waals surface area contributed by atoms with Gasteiger partial charge >= 0.3 is 0 Å². The van der Waals surface area contributed by atoms with E-state index in [2.05, 4.69) is 43.2 Å². The highest BCUT2D eigenvalue weighted by Gasteiger charge is 2.32. The van der Waals surface area contributed by atoms with Crippen LogP contribution in [0.1, 0.15) is 41.5 Å². The van der Waals surface area contributed by atoms with Crippen LogP contribution >= 0.6 is 0 Å². The first-order valence-electron chi connectivity index (χ1n) is 10.5. The molecule has 1 aromatic rings. The SMILES string of the molecule is Cc1c(CC2CN(C(=O)CC3CCCN(C)C3)C2)ccc2c1C[B]CC2. The van der Waals surface area contributed by atoms with Crippen LogP contribution in [0, 0.1) is 18.8 Å². The summed E-state index contributed by atoms with van der Waals surface area (Å²) in [5.41, 5.74) is 6.14. The molecule has 1 radical (unpaired) electrons. The average molecular weight is 351 g/mol. The van der Waals surface area contributed by atoms with E-state index in [9.17, 15) is 4.79 Å². The van der Waals surface area contributed by atoms with Crippen LogP contribution in [0.15, 0.2) is 12.1 Å². The lowest BCUT2D eigenvalue weighted by Crippen LogP contribution is -2.51. The molecule has 2 saturated heterocycles. The van der Waals surface area contributed by atoms with Crippen molar-refractivity contribution in [3.05, 3.63) is 34.4 Å². The van der Waals surface area contributed by atoms with Crippen LogP contribution in [-0.4, -0.2) is 56.2 Å². The summed E-state index contributed by atoms with van der Waals surface area (Å²) in [6.07, 6.45) is 7.92. The van der Waals surface area contributed by atoms with E-state index in [0.717, 1.165) is 38.8 Å². The summed E-state index contributed by atoms with van der Waals surface area (Å²) < 4.78 is 0. The number of hydrogen-bond donors (Lipinski definition) is 0. The van der Waals surface area contributed by atoms with Crippen molar-refractivity contribution in [2.24, 2.45) is 11.8 Å². The number of piperidine rings is 1. The molecule has 1 unspecified atom stereocenters. The van der Waals surface area contributed by atoms with Crippen molar-refractivity contribution in [3.63, 3.8) is 0 Å². The maximum atomic E-state index is 12.6. The van der Waals surface area contributed by atoms with Crippen molar-refractivity contribution < 1.29 is 4.79 Å². The molecule has 4 heteroatoms. The molecule has 0 bridgehead atoms. The van der Waals surface area contributed by atoms with E-state index < -0.39 is 0 Å². The van der Waals surface area contributed by atoms with Gasteiger partial charge in [0, 0.05) is 26.1 Å². The van der Waals surface area contributed by atoms with E-state index in [0.29, 0.717) is 17.7 Å². The number of hydrogen-bond acceptors (Lipinski definition) is 2. The molecule has 0 N–H and O–H groups in total. The van der Waals surface area contributed by atoms with Gasteiger partial charge in [-0.05, 0) is 80.3 Å². The van der Waals surface area contributed by atoms with Gasteiger partial charge in [-0.15, -0.1) is 0 Å². The Hall–Kier alpha value is -1.29. The fourth-order valence-corrected chi connectivity index (χ4v) is 5.13. The summed E-state index contributed by atoms with van der Waals surface area (Å²) in [4.78, 5) is 17.0. The van der Waals surface area contributed by atoms with E-state index in [4.69, 9.17) is 0 Å². The zero-order chi connectivity index (χ0) is 18.1. The number of rotatable bonds is 4. The van der Waals surface area contributed by atoms with Crippen molar-refractivity contribution in [1.29, 1.82) is 0 Å². The minimum atomic E-state index is 0.387. The average Bonchev–Trinajstić information content (AvgIpc) is 2.59. The van der Waals surface area contributed by atoms with Gasteiger partial charge in [-0.25, -0.2) is 0 Å². The smallest absolute Gasteiger partial charge is 0.222 e. The van der Waals surface area contributed by atoms with E-state index in [1.807, 2.05) is 0 Å². The number of amides is 1. The summed E-state index contributed by atoms with van der Waals surface area (Å²) in [5, 5.41) is 0. The zero-order valence-electron chi connectivity index (χ0n) is 16.5. The molecule has 3 nitrogen and oxygen atoms in total. The Labute approximate surface area is 159 Å². The predicted octanol–water partition coefficient (Wildman–Crippen LogP) is 2.91. The van der Waals surface area contributed by atoms with Crippen LogP contribution in [0.4, 0.5) is 0 Å². The van der Waals surface area contributed by atoms with Crippen LogP contribution < -0.4 is 0 Å². The number of benzene rings is 1. The fraction of sp³-hybridized carbons (Fsp3) is 0.682. The molecule has 3 heterocycles. The number of likely N-dealkylation sites (tertiary alicyclic amines) is 2. The van der Waals surface area contributed by atoms with Gasteiger partial charge in [0.15, 0.2) is 0 Å². The summed E-state index contributed by atoms with van der Waals surface area (Å²) >= 11 is 0. The molecule has 4 rings (SSSR count). The maximum Gasteiger partial charge on any atom is 0.222 e. The highest BCUT2D eigenvalue weighted by molar-refractivity contribution is 6.35. The molecule has 1 aromatic carbocycles. The van der Waals surface area contributed by atoms with Gasteiger partial charge in [0.2, 0.25) is 5.91 Å². The summed E-state index contributed by atoms with van der Waals surface area (Å²) in [7, 11) is 4.60. The third-order valence-electron chi connectivity index (χ3n) is 6.78. The second-order valence-corrected chi connectivity index (χ2v) is 8.86. The summed E-state index contributed by atoms with van der Waals surface area (Å²) in [6, 6.07) is 4.70. The Bertz CT molecular complexity index is 668. The first-order chi connectivity index (χ1) is 12.6. The number of carbonyl (C=O) groups excluding carboxylic acids is 1. The van der Waals surface area contributed by atoms with Crippen molar-refractivity contribution >= 4 is 13.2 Å². The van der Waals surface area contributed by atoms with Crippen molar-refractivity contribution in [1.82, 2.24) is 9.80 Å². The minimum absolute atomic E-state index is 0.387. The fourth-order valence-electron chi connectivity index (χ4n) is 5.13. The Balaban J connectivity index is 1.28. The van der Waals surface area contributed by atoms with E-state index in [1.165, 1.54) is 43.3 Å². The molecule has 2 fully saturated rings. The summed E-state index contributed by atoms with van der Waals surface area (Å²) in [6.45, 7) is 6.51. The second kappa shape index (κ2) is 7.76. The van der Waals surface area contributed by atoms with E-state index in [-0.39, 0.29) is 0 Å². The van der Waals surface area contributed by atoms with Gasteiger partial charge in [-0.3, -0.25) is 4.79 Å². The topological polar surface area (TPSA) is 23.6 Å². The minimum Gasteiger partial charge on any atom is -0.342 e. The van der Waals surface area contributed by atoms with Crippen LogP contribution in [0.2, 0.25) is 6.32 Å². The Morgan fingerprint density at radius 2 is 2.08 bits per heavy atom. The molecule has 1 amide bonds. The molecule has 0 spiro atoms. The van der Waals surface area contributed by atoms with E-state index in [1.54, 1.807) is 11.1 Å². The third kappa shape index (κ3) is 3.85. The molecular formula is C22H32BN2O. The molecule has 0 saturated carbocycles. The predicted molar refractivity (Wildman–Crippen MR) is 108 cm³/mol. The first-order valence-corrected chi connectivity index (χ1v) is 10.5. The van der Waals surface area contributed by atoms with Crippen molar-refractivity contribution in [2.45, 2.75) is 51.7 Å². The number of aryl methyl sites for hydroxylation is 1. The van der Waals surface area contributed by atoms with Crippen LogP contribution in [0.25, 0.3) is 0 Å². The number of carbonyl (C=O) groups is 1. The Morgan fingerprint density at radius 1 is 1.23 bits per heavy atom. The standard InChI is InChI=1S/C22H32BN2O/c1-16-20(6-5-19-7-8-23-12-21(16)19)10-18-14-25(15-18)22(26)11-17-4-3-9-24(2)13-17/h5-6,17-18H,3-4,7-15H2,1-2H3. The molecule has 139 valence electrons. The van der Waals surface area contributed by atoms with Gasteiger partial charge < -0.3 is 9.80 Å². The number of fused-ring (bicyclic) bond motifs is 1. The molecule has 0 aromatic heterocycles. The van der Waals surface area contributed by atoms with Crippen molar-refractivity contribution in [2.75, 3.05) is 33.2 Å². The lowest BCUT2D eigenvalue weighted by atomic mass is 9.61. The molecule has 0 aliphatic carbocycles. The van der Waals surface area contributed by atoms with E-state index >= 15 is 0 Å². The summed E-state index contributed by atoms with van der Waals surface area (Å²) in [5.74, 6) is 1.61. The molecule has 3 aliphatic rings. The highest BCUT2D eigenvalue weighted by atomic mass is 16.2. The van der Waals surface area contributed by atoms with Crippen LogP contribution in [0.3, 0.4) is 0 Å². The molecule has 3 aliphatic heterocycles. The first kappa shape index (κ1) is 18.1. The quantitative estimate of drug-likeness (QED) is 0.779. The third-order valence-corrected chi connectivity index (χ3v) is 6.78. The largest absolute Gasteiger partial charge is 0.342 e. The van der Waals surface area contributed by atoms with Gasteiger partial charge in [0.1, 0.15) is 7.28 Å². The lowest BCUT2D eigenvalue weighted by molar-refractivity contribution is -0.138. The molecule has 26 heavy (non-hydrogen) atoms. The zero-order valence-corrected chi connectivity index (χ0v) is 16.5. The maximum absolute atomic E-state index is 12.6. The molecular weight excluding hydrogens is 319 g/mol. The van der Waals surface area contributed by atoms with Gasteiger partial charge in [0.05, 0.1) is 0 Å². The van der Waals surface area contributed by atoms with Crippen LogP contribution in [-0.2, 0) is 24.0 Å². The van der Waals surface area contributed by atoms with Gasteiger partial charge in [-0.2, -0.15) is 0 Å². The molecule has 1 atom stereocenters. The number of nitrogens with zero attached hydrogens (tertiary/aromatic N) is 2. The lowest BCUT2D eigenvalue weighted by Gasteiger charge is -2.41. The van der Waals surface area contributed by atoms with Gasteiger partial charge in [-0.1, -0.05) is 24.8 Å². The normalized spacial score (nSPS) is 23.9. The Morgan fingerprint density at radius 3 is 2.88 bits per heavy atom. The van der Waals surface area contributed by atoms with Crippen LogP contribution in [0.5, 0.6) is 0 Å². The van der Waals surface area contributed by atoms with Crippen molar-refractivity contribution in [3.8, 4) is 0 Å². The second-order valence-electron chi connectivity index (χ2n) is 8.86.